The summed E-state index contributed by atoms with van der Waals surface area (Å²) < 4.78 is 5.38. The van der Waals surface area contributed by atoms with Crippen LogP contribution in [0.15, 0.2) is 36.5 Å². The van der Waals surface area contributed by atoms with E-state index >= 15 is 0 Å². The van der Waals surface area contributed by atoms with Crippen molar-refractivity contribution < 1.29 is 4.74 Å². The highest BCUT2D eigenvalue weighted by atomic mass is 16.5. The van der Waals surface area contributed by atoms with Crippen LogP contribution in [0.25, 0.3) is 0 Å². The summed E-state index contributed by atoms with van der Waals surface area (Å²) in [6, 6.07) is 10.2. The number of nitrogens with one attached hydrogen (secondary N) is 2. The molecule has 3 rings (SSSR count). The minimum absolute atomic E-state index is 0.0532. The summed E-state index contributed by atoms with van der Waals surface area (Å²) in [7, 11) is 0. The molecule has 0 unspecified atom stereocenters. The zero-order chi connectivity index (χ0) is 18.4. The number of anilines is 3. The molecule has 6 heteroatoms. The monoisotopic (exact) mass is 355 g/mol. The van der Waals surface area contributed by atoms with Gasteiger partial charge in [0.25, 0.3) is 0 Å². The molecule has 0 aliphatic carbocycles. The van der Waals surface area contributed by atoms with Crippen LogP contribution in [0.1, 0.15) is 26.3 Å². The van der Waals surface area contributed by atoms with E-state index in [1.807, 2.05) is 12.1 Å². The Morgan fingerprint density at radius 2 is 1.88 bits per heavy atom. The van der Waals surface area contributed by atoms with Gasteiger partial charge in [0.05, 0.1) is 13.2 Å². The lowest BCUT2D eigenvalue weighted by atomic mass is 9.86. The number of nitrogens with zero attached hydrogens (tertiary/aromatic N) is 3. The Morgan fingerprint density at radius 1 is 1.12 bits per heavy atom. The normalized spacial score (nSPS) is 15.7. The first-order chi connectivity index (χ1) is 12.5. The van der Waals surface area contributed by atoms with Gasteiger partial charge in [-0.15, -0.1) is 0 Å². The van der Waals surface area contributed by atoms with Crippen LogP contribution in [0.3, 0.4) is 0 Å². The van der Waals surface area contributed by atoms with Gasteiger partial charge in [0.1, 0.15) is 5.82 Å². The van der Waals surface area contributed by atoms with Gasteiger partial charge in [-0.1, -0.05) is 39.0 Å². The molecule has 2 heterocycles. The van der Waals surface area contributed by atoms with Crippen molar-refractivity contribution in [2.75, 3.05) is 50.0 Å². The largest absolute Gasteiger partial charge is 0.379 e. The van der Waals surface area contributed by atoms with Gasteiger partial charge in [0.2, 0.25) is 5.95 Å². The van der Waals surface area contributed by atoms with Crippen LogP contribution in [-0.2, 0) is 10.2 Å². The third-order valence-electron chi connectivity index (χ3n) is 4.47. The van der Waals surface area contributed by atoms with Crippen molar-refractivity contribution in [3.63, 3.8) is 0 Å². The van der Waals surface area contributed by atoms with E-state index in [0.717, 1.165) is 50.9 Å². The Bertz CT molecular complexity index is 707. The Balaban J connectivity index is 1.61. The average molecular weight is 355 g/mol. The van der Waals surface area contributed by atoms with E-state index in [9.17, 15) is 0 Å². The summed E-state index contributed by atoms with van der Waals surface area (Å²) in [6.45, 7) is 12.1. The van der Waals surface area contributed by atoms with Gasteiger partial charge in [-0.25, -0.2) is 4.98 Å². The molecule has 0 saturated carbocycles. The van der Waals surface area contributed by atoms with Crippen molar-refractivity contribution in [1.82, 2.24) is 14.9 Å². The second-order valence-corrected chi connectivity index (χ2v) is 7.57. The third kappa shape index (κ3) is 5.16. The van der Waals surface area contributed by atoms with Crippen LogP contribution in [0, 0.1) is 0 Å². The standard InChI is InChI=1S/C20H29N5O/c1-20(2,3)16-6-4-5-7-17(16)23-19-22-9-8-18(24-19)21-10-11-25-12-14-26-15-13-25/h4-9H,10-15H2,1-3H3,(H2,21,22,23,24). The van der Waals surface area contributed by atoms with Crippen LogP contribution >= 0.6 is 0 Å². The first-order valence-electron chi connectivity index (χ1n) is 9.26. The van der Waals surface area contributed by atoms with Crippen molar-refractivity contribution in [2.24, 2.45) is 0 Å². The summed E-state index contributed by atoms with van der Waals surface area (Å²) in [4.78, 5) is 11.4. The first-order valence-corrected chi connectivity index (χ1v) is 9.26. The Labute approximate surface area is 156 Å². The molecular formula is C20H29N5O. The van der Waals surface area contributed by atoms with E-state index in [2.05, 4.69) is 64.5 Å². The number of aromatic nitrogens is 2. The van der Waals surface area contributed by atoms with E-state index in [-0.39, 0.29) is 5.41 Å². The molecular weight excluding hydrogens is 326 g/mol. The van der Waals surface area contributed by atoms with Crippen molar-refractivity contribution in [2.45, 2.75) is 26.2 Å². The molecule has 1 aliphatic rings. The van der Waals surface area contributed by atoms with E-state index in [1.165, 1.54) is 5.56 Å². The lowest BCUT2D eigenvalue weighted by Gasteiger charge is -2.26. The van der Waals surface area contributed by atoms with Crippen LogP contribution < -0.4 is 10.6 Å². The molecule has 0 radical (unpaired) electrons. The number of hydrogen-bond donors (Lipinski definition) is 2. The first kappa shape index (κ1) is 18.6. The SMILES string of the molecule is CC(C)(C)c1ccccc1Nc1nccc(NCCN2CCOCC2)n1. The maximum Gasteiger partial charge on any atom is 0.229 e. The summed E-state index contributed by atoms with van der Waals surface area (Å²) in [6.07, 6.45) is 1.78. The number of hydrogen-bond acceptors (Lipinski definition) is 6. The van der Waals surface area contributed by atoms with Gasteiger partial charge < -0.3 is 15.4 Å². The molecule has 140 valence electrons. The highest BCUT2D eigenvalue weighted by molar-refractivity contribution is 5.61. The van der Waals surface area contributed by atoms with E-state index in [4.69, 9.17) is 4.74 Å². The van der Waals surface area contributed by atoms with Crippen LogP contribution in [0.2, 0.25) is 0 Å². The lowest BCUT2D eigenvalue weighted by molar-refractivity contribution is 0.0398. The lowest BCUT2D eigenvalue weighted by Crippen LogP contribution is -2.39. The fourth-order valence-electron chi connectivity index (χ4n) is 3.05. The second kappa shape index (κ2) is 8.47. The van der Waals surface area contributed by atoms with E-state index in [0.29, 0.717) is 5.95 Å². The predicted molar refractivity (Wildman–Crippen MR) is 106 cm³/mol. The topological polar surface area (TPSA) is 62.3 Å². The van der Waals surface area contributed by atoms with E-state index in [1.54, 1.807) is 6.20 Å². The molecule has 0 atom stereocenters. The van der Waals surface area contributed by atoms with Gasteiger partial charge in [-0.3, -0.25) is 4.90 Å². The molecule has 2 aromatic rings. The number of rotatable bonds is 6. The maximum atomic E-state index is 5.38. The fourth-order valence-corrected chi connectivity index (χ4v) is 3.05. The minimum Gasteiger partial charge on any atom is -0.379 e. The molecule has 26 heavy (non-hydrogen) atoms. The highest BCUT2D eigenvalue weighted by Gasteiger charge is 2.18. The molecule has 0 amide bonds. The zero-order valence-corrected chi connectivity index (χ0v) is 16.0. The molecule has 6 nitrogen and oxygen atoms in total. The summed E-state index contributed by atoms with van der Waals surface area (Å²) >= 11 is 0. The Hall–Kier alpha value is -2.18. The van der Waals surface area contributed by atoms with Gasteiger partial charge in [-0.05, 0) is 23.1 Å². The highest BCUT2D eigenvalue weighted by Crippen LogP contribution is 2.30. The van der Waals surface area contributed by atoms with Crippen molar-refractivity contribution in [3.8, 4) is 0 Å². The van der Waals surface area contributed by atoms with Gasteiger partial charge in [0, 0.05) is 38.1 Å². The Kier molecular flexibility index (Phi) is 6.06. The van der Waals surface area contributed by atoms with Gasteiger partial charge in [0.15, 0.2) is 0 Å². The fraction of sp³-hybridized carbons (Fsp3) is 0.500. The van der Waals surface area contributed by atoms with Gasteiger partial charge in [-0.2, -0.15) is 4.98 Å². The van der Waals surface area contributed by atoms with E-state index < -0.39 is 0 Å². The molecule has 1 aromatic heterocycles. The van der Waals surface area contributed by atoms with Crippen LogP contribution in [0.4, 0.5) is 17.5 Å². The second-order valence-electron chi connectivity index (χ2n) is 7.57. The van der Waals surface area contributed by atoms with Crippen molar-refractivity contribution in [1.29, 1.82) is 0 Å². The summed E-state index contributed by atoms with van der Waals surface area (Å²) in [5.74, 6) is 1.45. The Morgan fingerprint density at radius 3 is 2.65 bits per heavy atom. The summed E-state index contributed by atoms with van der Waals surface area (Å²) in [5.41, 5.74) is 2.34. The predicted octanol–water partition coefficient (Wildman–Crippen LogP) is 3.26. The van der Waals surface area contributed by atoms with Crippen molar-refractivity contribution >= 4 is 17.5 Å². The molecule has 1 saturated heterocycles. The average Bonchev–Trinajstić information content (AvgIpc) is 2.63. The van der Waals surface area contributed by atoms with Crippen molar-refractivity contribution in [3.05, 3.63) is 42.1 Å². The molecule has 0 bridgehead atoms. The van der Waals surface area contributed by atoms with Gasteiger partial charge >= 0.3 is 0 Å². The summed E-state index contributed by atoms with van der Waals surface area (Å²) in [5, 5.41) is 6.76. The third-order valence-corrected chi connectivity index (χ3v) is 4.47. The van der Waals surface area contributed by atoms with Crippen LogP contribution in [-0.4, -0.2) is 54.3 Å². The maximum absolute atomic E-state index is 5.38. The zero-order valence-electron chi connectivity index (χ0n) is 16.0. The molecule has 2 N–H and O–H groups in total. The minimum atomic E-state index is 0.0532. The number of morpholine rings is 1. The number of ether oxygens (including phenoxy) is 1. The number of benzene rings is 1. The molecule has 1 fully saturated rings. The smallest absolute Gasteiger partial charge is 0.229 e. The molecule has 1 aliphatic heterocycles. The quantitative estimate of drug-likeness (QED) is 0.829. The molecule has 0 spiro atoms. The number of para-hydroxylation sites is 1. The van der Waals surface area contributed by atoms with Crippen LogP contribution in [0.5, 0.6) is 0 Å². The molecule has 1 aromatic carbocycles.